The number of aliphatic hydroxyl groups excluding tert-OH is 1. The van der Waals surface area contributed by atoms with Crippen molar-refractivity contribution in [2.24, 2.45) is 16.7 Å². The van der Waals surface area contributed by atoms with Crippen LogP contribution < -0.4 is 61.2 Å². The highest BCUT2D eigenvalue weighted by atomic mass is 32.2. The number of hydrogen-bond acceptors (Lipinski definition) is 13. The van der Waals surface area contributed by atoms with E-state index in [9.17, 15) is 19.8 Å². The van der Waals surface area contributed by atoms with Gasteiger partial charge in [-0.15, -0.1) is 0 Å². The van der Waals surface area contributed by atoms with Crippen molar-refractivity contribution in [3.05, 3.63) is 237 Å². The molecule has 12 nitrogen and oxygen atoms in total. The molecule has 16 rings (SSSR count). The van der Waals surface area contributed by atoms with Gasteiger partial charge in [-0.05, 0) is 124 Å². The number of fused-ring (bicyclic) bond motifs is 6. The van der Waals surface area contributed by atoms with Gasteiger partial charge in [-0.25, -0.2) is 0 Å². The molecule has 0 bridgehead atoms. The van der Waals surface area contributed by atoms with Gasteiger partial charge in [0.05, 0.1) is 40.4 Å². The third-order valence-electron chi connectivity index (χ3n) is 21.4. The van der Waals surface area contributed by atoms with Crippen molar-refractivity contribution in [2.75, 3.05) is 40.3 Å². The van der Waals surface area contributed by atoms with Gasteiger partial charge in [-0.3, -0.25) is 9.59 Å². The topological polar surface area (TPSA) is 151 Å². The Hall–Kier alpha value is -10.0. The van der Waals surface area contributed by atoms with Crippen LogP contribution in [0.5, 0.6) is 11.5 Å². The van der Waals surface area contributed by atoms with Crippen LogP contribution >= 0.6 is 23.1 Å². The van der Waals surface area contributed by atoms with E-state index in [4.69, 9.17) is 14.4 Å². The van der Waals surface area contributed by atoms with Crippen LogP contribution in [0.3, 0.4) is 0 Å². The van der Waals surface area contributed by atoms with E-state index in [0.29, 0.717) is 40.2 Å². The number of unbranched alkanes of at least 4 members (excludes halogenated alkanes) is 4. The first-order valence-electron chi connectivity index (χ1n) is 37.6. The Morgan fingerprint density at radius 2 is 1.20 bits per heavy atom. The van der Waals surface area contributed by atoms with Gasteiger partial charge in [-0.1, -0.05) is 249 Å². The number of benzene rings is 10. The molecule has 1 aromatic heterocycles. The van der Waals surface area contributed by atoms with Crippen LogP contribution in [0.1, 0.15) is 129 Å². The number of nitrogens with zero attached hydrogens (tertiary/aromatic N) is 3. The average Bonchev–Trinajstić information content (AvgIpc) is 0.996. The number of carbonyl (C=O) groups excluding carboxylic acids is 2. The summed E-state index contributed by atoms with van der Waals surface area (Å²) < 4.78 is 15.9. The first-order valence-corrected chi connectivity index (χ1v) is 39.2. The van der Waals surface area contributed by atoms with E-state index in [0.717, 1.165) is 140 Å². The zero-order chi connectivity index (χ0) is 71.5. The van der Waals surface area contributed by atoms with Crippen molar-refractivity contribution >= 4 is 153 Å². The molecule has 2 atom stereocenters. The zero-order valence-corrected chi connectivity index (χ0v) is 61.9. The van der Waals surface area contributed by atoms with E-state index in [1.807, 2.05) is 72.8 Å². The second kappa shape index (κ2) is 30.7. The Balaban J connectivity index is 0.000000180. The van der Waals surface area contributed by atoms with Crippen LogP contribution in [0.4, 0.5) is 22.7 Å². The Morgan fingerprint density at radius 3 is 1.87 bits per heavy atom. The quantitative estimate of drug-likeness (QED) is 0.0246. The number of ether oxygens (including phenoxy) is 2. The first-order chi connectivity index (χ1) is 51.0. The van der Waals surface area contributed by atoms with Crippen LogP contribution in [0.15, 0.2) is 226 Å². The number of Topliss-reactive ketones (excluding diaryl/α,β-unsaturated/α-hetero) is 2. The van der Waals surface area contributed by atoms with Gasteiger partial charge in [0.2, 0.25) is 11.3 Å². The fraction of sp³-hybridized carbons (Fsp3) is 0.273. The monoisotopic (exact) mass is 1410 g/mol. The fourth-order valence-corrected chi connectivity index (χ4v) is 17.7. The van der Waals surface area contributed by atoms with Crippen LogP contribution in [0, 0.1) is 11.8 Å². The van der Waals surface area contributed by atoms with Gasteiger partial charge in [0, 0.05) is 85.2 Å². The smallest absolute Gasteiger partial charge is 0.427 e. The Bertz CT molecular complexity index is 5440. The number of nitrogens with one attached hydrogen (secondary N) is 3. The lowest BCUT2D eigenvalue weighted by Crippen LogP contribution is -2.48. The lowest BCUT2D eigenvalue weighted by Gasteiger charge is -2.31. The van der Waals surface area contributed by atoms with E-state index >= 15 is 0 Å². The molecule has 0 spiro atoms. The minimum Gasteiger partial charge on any atom is -0.871 e. The minimum absolute atomic E-state index is 0.0185. The maximum atomic E-state index is 14.6. The number of hydrogen-bond donors (Lipinski definition) is 4. The SMILES string of the molecule is CCCCC(CC)COc1ccc(B2N=c3c(=C4C(=O)C(c5ccc6cccc7c6c5NB(c5ccc(OCC(CC)CCCC)cc5)N7)=C4O)ccc4cccc(c34)N2)cc1.CCCCN1/C(=C/C2=C([O-])C(=C/c3sc4c5ccccc5ccc4[n+]3CCCC)/C2=O)Sc2c1ccc1ccccc21. The van der Waals surface area contributed by atoms with E-state index in [1.54, 1.807) is 23.1 Å². The molecule has 2 aliphatic carbocycles. The summed E-state index contributed by atoms with van der Waals surface area (Å²) in [6, 6.07) is 62.1. The predicted molar refractivity (Wildman–Crippen MR) is 433 cm³/mol. The molecule has 11 aromatic rings. The van der Waals surface area contributed by atoms with Crippen molar-refractivity contribution in [2.45, 2.75) is 130 Å². The molecule has 0 radical (unpaired) electrons. The molecule has 0 amide bonds. The molecular formula is C88H88B2N6O6S2. The third-order valence-corrected chi connectivity index (χ3v) is 23.7. The number of allylic oxidation sites excluding steroid dienone is 5. The highest BCUT2D eigenvalue weighted by molar-refractivity contribution is 8.04. The zero-order valence-electron chi connectivity index (χ0n) is 60.2. The average molecular weight is 1410 g/mol. The lowest BCUT2D eigenvalue weighted by molar-refractivity contribution is -0.669. The van der Waals surface area contributed by atoms with Gasteiger partial charge in [0.15, 0.2) is 12.3 Å². The second-order valence-corrected chi connectivity index (χ2v) is 30.2. The Morgan fingerprint density at radius 1 is 0.596 bits per heavy atom. The molecular weight excluding hydrogens is 1320 g/mol. The summed E-state index contributed by atoms with van der Waals surface area (Å²) in [5.41, 5.74) is 8.86. The third kappa shape index (κ3) is 13.4. The molecule has 4 N–H and O–H groups in total. The molecule has 10 aromatic carbocycles. The summed E-state index contributed by atoms with van der Waals surface area (Å²) in [6.07, 6.45) is 17.3. The summed E-state index contributed by atoms with van der Waals surface area (Å²) in [4.78, 5) is 36.8. The summed E-state index contributed by atoms with van der Waals surface area (Å²) in [5, 5.41) is 48.6. The molecule has 104 heavy (non-hydrogen) atoms. The fourth-order valence-electron chi connectivity index (χ4n) is 15.2. The normalized spacial score (nSPS) is 16.3. The molecule has 3 aliphatic heterocycles. The number of rotatable bonds is 25. The maximum absolute atomic E-state index is 14.6. The highest BCUT2D eigenvalue weighted by Crippen LogP contribution is 2.51. The Kier molecular flexibility index (Phi) is 20.6. The van der Waals surface area contributed by atoms with Crippen LogP contribution in [-0.4, -0.2) is 50.4 Å². The van der Waals surface area contributed by atoms with Crippen LogP contribution in [0.2, 0.25) is 0 Å². The van der Waals surface area contributed by atoms with Gasteiger partial charge in [0.1, 0.15) is 22.0 Å². The van der Waals surface area contributed by atoms with E-state index < -0.39 is 6.98 Å². The predicted octanol–water partition coefficient (Wildman–Crippen LogP) is 17.7. The summed E-state index contributed by atoms with van der Waals surface area (Å²) >= 11 is 3.33. The highest BCUT2D eigenvalue weighted by Gasteiger charge is 2.40. The van der Waals surface area contributed by atoms with Gasteiger partial charge in [0.25, 0.3) is 5.01 Å². The van der Waals surface area contributed by atoms with E-state index in [-0.39, 0.29) is 46.8 Å². The summed E-state index contributed by atoms with van der Waals surface area (Å²) in [6.45, 7) is 15.8. The van der Waals surface area contributed by atoms with Gasteiger partial charge >= 0.3 is 14.0 Å². The number of thiazole rings is 1. The largest absolute Gasteiger partial charge is 0.871 e. The maximum Gasteiger partial charge on any atom is 0.427 e. The molecule has 524 valence electrons. The number of anilines is 4. The van der Waals surface area contributed by atoms with Crippen molar-refractivity contribution < 1.29 is 33.8 Å². The second-order valence-electron chi connectivity index (χ2n) is 28.1. The van der Waals surface area contributed by atoms with Crippen molar-refractivity contribution in [1.82, 2.24) is 0 Å². The molecule has 5 aliphatic rings. The molecule has 0 saturated heterocycles. The summed E-state index contributed by atoms with van der Waals surface area (Å²) in [5.74, 6) is 2.26. The van der Waals surface area contributed by atoms with Crippen LogP contribution in [-0.2, 0) is 16.1 Å². The van der Waals surface area contributed by atoms with Crippen LogP contribution in [0.25, 0.3) is 70.5 Å². The minimum atomic E-state index is -0.394. The number of aliphatic hydroxyl groups is 1. The number of thioether (sulfide) groups is 1. The Labute approximate surface area is 618 Å². The number of ketones is 2. The number of carbonyl (C=O) groups is 2. The van der Waals surface area contributed by atoms with E-state index in [1.165, 1.54) is 69.7 Å². The van der Waals surface area contributed by atoms with Gasteiger partial charge in [-0.2, -0.15) is 4.57 Å². The standard InChI is InChI=1S/C52H56B2N4O4.C36H32N2O2S2/c1-5-9-13-33(7-3)31-61-39-25-21-37(22-26-39)53-55-43-17-11-15-35-19-29-41(49(57-53)45(35)43)47-51(59)48(52(47)60)42-30-20-36-16-12-18-44-46(36)50(42)58-54(56-44)38-23-27-40(28-24-38)62-32-34(8-4)14-10-6-2;1-3-5-19-37-29-17-15-23-11-7-9-13-25(23)35(29)41-31(37)21-27-33(39)28(34(27)40)22-32-38(20-6-4-2)30-18-16-24-12-8-10-14-26(24)36(30)42-32/h11-12,15-30,33-34,55-57,59H,5-10,13-14,31-32H2,1-4H3;7-18,21-22H,3-6,19-20H2,1-2H3. The molecule has 4 heterocycles. The molecule has 0 saturated carbocycles. The van der Waals surface area contributed by atoms with E-state index in [2.05, 4.69) is 188 Å². The molecule has 2 unspecified atom stereocenters. The molecule has 16 heteroatoms. The number of aromatic nitrogens is 1. The summed E-state index contributed by atoms with van der Waals surface area (Å²) in [7, 11) is 0. The van der Waals surface area contributed by atoms with Crippen molar-refractivity contribution in [1.29, 1.82) is 0 Å². The first kappa shape index (κ1) is 69.7. The number of aryl methyl sites for hydroxylation is 1. The van der Waals surface area contributed by atoms with Gasteiger partial charge < -0.3 is 45.2 Å². The molecule has 0 fully saturated rings. The van der Waals surface area contributed by atoms with Crippen molar-refractivity contribution in [3.63, 3.8) is 0 Å². The lowest BCUT2D eigenvalue weighted by atomic mass is 9.65. The van der Waals surface area contributed by atoms with Crippen molar-refractivity contribution in [3.8, 4) is 11.5 Å².